The van der Waals surface area contributed by atoms with E-state index in [4.69, 9.17) is 4.74 Å². The van der Waals surface area contributed by atoms with Crippen LogP contribution in [0.3, 0.4) is 0 Å². The third-order valence-corrected chi connectivity index (χ3v) is 5.57. The number of hydrogen-bond acceptors (Lipinski definition) is 4. The van der Waals surface area contributed by atoms with Crippen molar-refractivity contribution in [2.75, 3.05) is 19.4 Å². The van der Waals surface area contributed by atoms with Crippen LogP contribution in [0.5, 0.6) is 5.75 Å². The van der Waals surface area contributed by atoms with E-state index < -0.39 is 6.10 Å². The number of aliphatic hydroxyl groups excluding tert-OH is 1. The fourth-order valence-corrected chi connectivity index (χ4v) is 3.60. The number of hydrogen-bond donors (Lipinski definition) is 2. The van der Waals surface area contributed by atoms with Gasteiger partial charge in [0, 0.05) is 22.3 Å². The Balaban J connectivity index is 1.61. The largest absolute Gasteiger partial charge is 0.491 e. The predicted molar refractivity (Wildman–Crippen MR) is 93.2 cm³/mol. The molecule has 0 saturated heterocycles. The van der Waals surface area contributed by atoms with E-state index in [1.807, 2.05) is 36.0 Å². The summed E-state index contributed by atoms with van der Waals surface area (Å²) >= 11 is 5.37. The standard InChI is InChI=1S/C16H24BrNO2S/c1-21-16-8-4-13(5-9-16)18-10-14(19)11-20-15-6-2-12(17)3-7-15/h2-3,6-7,13-14,16,18-19H,4-5,8-11H2,1H3. The first-order valence-corrected chi connectivity index (χ1v) is 9.58. The number of thioether (sulfide) groups is 1. The summed E-state index contributed by atoms with van der Waals surface area (Å²) in [5.74, 6) is 0.790. The Morgan fingerprint density at radius 1 is 1.29 bits per heavy atom. The fraction of sp³-hybridized carbons (Fsp3) is 0.625. The maximum atomic E-state index is 9.99. The van der Waals surface area contributed by atoms with Gasteiger partial charge in [0.2, 0.25) is 0 Å². The zero-order valence-electron chi connectivity index (χ0n) is 12.4. The molecule has 1 aromatic rings. The van der Waals surface area contributed by atoms with Crippen molar-refractivity contribution in [1.82, 2.24) is 5.32 Å². The number of aliphatic hydroxyl groups is 1. The van der Waals surface area contributed by atoms with Crippen LogP contribution in [0, 0.1) is 0 Å². The molecule has 0 radical (unpaired) electrons. The third-order valence-electron chi connectivity index (χ3n) is 3.91. The van der Waals surface area contributed by atoms with Crippen LogP contribution >= 0.6 is 27.7 Å². The number of benzene rings is 1. The Labute approximate surface area is 140 Å². The summed E-state index contributed by atoms with van der Waals surface area (Å²) in [4.78, 5) is 0. The molecule has 118 valence electrons. The first-order chi connectivity index (χ1) is 10.2. The highest BCUT2D eigenvalue weighted by Gasteiger charge is 2.20. The molecule has 1 aliphatic rings. The minimum Gasteiger partial charge on any atom is -0.491 e. The molecule has 1 aliphatic carbocycles. The van der Waals surface area contributed by atoms with Gasteiger partial charge in [0.15, 0.2) is 0 Å². The molecular weight excluding hydrogens is 350 g/mol. The molecule has 0 bridgehead atoms. The van der Waals surface area contributed by atoms with Crippen LogP contribution in [-0.2, 0) is 0 Å². The van der Waals surface area contributed by atoms with Crippen LogP contribution in [0.15, 0.2) is 28.7 Å². The zero-order valence-corrected chi connectivity index (χ0v) is 14.8. The van der Waals surface area contributed by atoms with E-state index in [0.29, 0.717) is 19.2 Å². The number of nitrogens with one attached hydrogen (secondary N) is 1. The van der Waals surface area contributed by atoms with Crippen molar-refractivity contribution >= 4 is 27.7 Å². The maximum absolute atomic E-state index is 9.99. The SMILES string of the molecule is CSC1CCC(NCC(O)COc2ccc(Br)cc2)CC1. The highest BCUT2D eigenvalue weighted by Crippen LogP contribution is 2.26. The molecule has 5 heteroatoms. The summed E-state index contributed by atoms with van der Waals surface area (Å²) in [7, 11) is 0. The average molecular weight is 374 g/mol. The second-order valence-corrected chi connectivity index (χ2v) is 7.59. The van der Waals surface area contributed by atoms with Crippen molar-refractivity contribution in [2.24, 2.45) is 0 Å². The second kappa shape index (κ2) is 9.03. The molecule has 1 saturated carbocycles. The van der Waals surface area contributed by atoms with E-state index in [-0.39, 0.29) is 0 Å². The van der Waals surface area contributed by atoms with Gasteiger partial charge < -0.3 is 15.2 Å². The Bertz CT molecular complexity index is 407. The van der Waals surface area contributed by atoms with Crippen LogP contribution < -0.4 is 10.1 Å². The lowest BCUT2D eigenvalue weighted by atomic mass is 9.95. The molecule has 2 rings (SSSR count). The minimum absolute atomic E-state index is 0.328. The van der Waals surface area contributed by atoms with Crippen molar-refractivity contribution in [1.29, 1.82) is 0 Å². The van der Waals surface area contributed by atoms with Gasteiger partial charge in [-0.25, -0.2) is 0 Å². The summed E-state index contributed by atoms with van der Waals surface area (Å²) in [6.45, 7) is 0.930. The van der Waals surface area contributed by atoms with Crippen molar-refractivity contribution in [2.45, 2.75) is 43.1 Å². The summed E-state index contributed by atoms with van der Waals surface area (Å²) < 4.78 is 6.61. The third kappa shape index (κ3) is 6.19. The molecule has 3 nitrogen and oxygen atoms in total. The molecule has 0 amide bonds. The van der Waals surface area contributed by atoms with Gasteiger partial charge in [-0.3, -0.25) is 0 Å². The summed E-state index contributed by atoms with van der Waals surface area (Å²) in [5.41, 5.74) is 0. The van der Waals surface area contributed by atoms with Crippen molar-refractivity contribution in [3.8, 4) is 5.75 Å². The molecular formula is C16H24BrNO2S. The Kier molecular flexibility index (Phi) is 7.37. The van der Waals surface area contributed by atoms with E-state index in [0.717, 1.165) is 15.5 Å². The van der Waals surface area contributed by atoms with Gasteiger partial charge in [-0.15, -0.1) is 0 Å². The lowest BCUT2D eigenvalue weighted by molar-refractivity contribution is 0.102. The first kappa shape index (κ1) is 17.1. The first-order valence-electron chi connectivity index (χ1n) is 7.50. The fourth-order valence-electron chi connectivity index (χ4n) is 2.59. The number of rotatable bonds is 7. The van der Waals surface area contributed by atoms with E-state index in [9.17, 15) is 5.11 Å². The number of ether oxygens (including phenoxy) is 1. The highest BCUT2D eigenvalue weighted by atomic mass is 79.9. The zero-order chi connectivity index (χ0) is 15.1. The molecule has 2 N–H and O–H groups in total. The molecule has 1 unspecified atom stereocenters. The Morgan fingerprint density at radius 2 is 1.95 bits per heavy atom. The summed E-state index contributed by atoms with van der Waals surface area (Å²) in [5, 5.41) is 14.3. The summed E-state index contributed by atoms with van der Waals surface area (Å²) in [6.07, 6.45) is 6.72. The quantitative estimate of drug-likeness (QED) is 0.767. The van der Waals surface area contributed by atoms with Crippen LogP contribution in [0.4, 0.5) is 0 Å². The van der Waals surface area contributed by atoms with Gasteiger partial charge in [0.05, 0.1) is 0 Å². The molecule has 1 fully saturated rings. The molecule has 0 aromatic heterocycles. The van der Waals surface area contributed by atoms with Gasteiger partial charge >= 0.3 is 0 Å². The monoisotopic (exact) mass is 373 g/mol. The lowest BCUT2D eigenvalue weighted by Gasteiger charge is -2.28. The van der Waals surface area contributed by atoms with Crippen LogP contribution in [0.1, 0.15) is 25.7 Å². The molecule has 0 aliphatic heterocycles. The summed E-state index contributed by atoms with van der Waals surface area (Å²) in [6, 6.07) is 8.21. The van der Waals surface area contributed by atoms with Gasteiger partial charge in [-0.2, -0.15) is 11.8 Å². The van der Waals surface area contributed by atoms with Crippen LogP contribution in [0.2, 0.25) is 0 Å². The second-order valence-electron chi connectivity index (χ2n) is 5.54. The molecule has 21 heavy (non-hydrogen) atoms. The normalized spacial score (nSPS) is 23.8. The van der Waals surface area contributed by atoms with Gasteiger partial charge in [-0.05, 0) is 56.2 Å². The van der Waals surface area contributed by atoms with Crippen molar-refractivity contribution in [3.05, 3.63) is 28.7 Å². The maximum Gasteiger partial charge on any atom is 0.119 e. The Morgan fingerprint density at radius 3 is 2.57 bits per heavy atom. The number of halogens is 1. The minimum atomic E-state index is -0.466. The van der Waals surface area contributed by atoms with E-state index in [2.05, 4.69) is 27.5 Å². The van der Waals surface area contributed by atoms with Crippen LogP contribution in [-0.4, -0.2) is 41.9 Å². The lowest BCUT2D eigenvalue weighted by Crippen LogP contribution is -2.40. The van der Waals surface area contributed by atoms with Gasteiger partial charge in [0.25, 0.3) is 0 Å². The predicted octanol–water partition coefficient (Wildman–Crippen LogP) is 3.45. The van der Waals surface area contributed by atoms with E-state index >= 15 is 0 Å². The van der Waals surface area contributed by atoms with Gasteiger partial charge in [0.1, 0.15) is 18.5 Å². The van der Waals surface area contributed by atoms with Crippen LogP contribution in [0.25, 0.3) is 0 Å². The molecule has 0 heterocycles. The molecule has 1 aromatic carbocycles. The smallest absolute Gasteiger partial charge is 0.119 e. The van der Waals surface area contributed by atoms with E-state index in [1.54, 1.807) is 0 Å². The molecule has 0 spiro atoms. The molecule has 1 atom stereocenters. The van der Waals surface area contributed by atoms with Crippen molar-refractivity contribution < 1.29 is 9.84 Å². The Hall–Kier alpha value is -0.230. The van der Waals surface area contributed by atoms with E-state index in [1.165, 1.54) is 25.7 Å². The van der Waals surface area contributed by atoms with Gasteiger partial charge in [-0.1, -0.05) is 15.9 Å². The average Bonchev–Trinajstić information content (AvgIpc) is 2.53. The van der Waals surface area contributed by atoms with Crippen molar-refractivity contribution in [3.63, 3.8) is 0 Å². The highest BCUT2D eigenvalue weighted by molar-refractivity contribution is 9.10. The topological polar surface area (TPSA) is 41.5 Å².